The summed E-state index contributed by atoms with van der Waals surface area (Å²) in [6.07, 6.45) is 3.51. The van der Waals surface area contributed by atoms with E-state index in [1.54, 1.807) is 0 Å². The number of benzene rings is 1. The van der Waals surface area contributed by atoms with Crippen molar-refractivity contribution in [2.45, 2.75) is 44.9 Å². The molecule has 0 aliphatic heterocycles. The average Bonchev–Trinajstić information content (AvgIpc) is 2.94. The molecular weight excluding hydrogens is 250 g/mol. The first-order valence-electron chi connectivity index (χ1n) is 7.23. The molecule has 0 spiro atoms. The van der Waals surface area contributed by atoms with E-state index in [0.29, 0.717) is 12.3 Å². The number of aryl methyl sites for hydroxylation is 1. The van der Waals surface area contributed by atoms with Gasteiger partial charge in [-0.05, 0) is 49.4 Å². The van der Waals surface area contributed by atoms with Gasteiger partial charge in [0.2, 0.25) is 0 Å². The normalized spacial score (nSPS) is 21.7. The number of fused-ring (bicyclic) bond motifs is 1. The van der Waals surface area contributed by atoms with Crippen LogP contribution < -0.4 is 5.32 Å². The summed E-state index contributed by atoms with van der Waals surface area (Å²) in [5.74, 6) is 1.49. The first-order chi connectivity index (χ1) is 9.71. The topological polar surface area (TPSA) is 45.4 Å². The summed E-state index contributed by atoms with van der Waals surface area (Å²) in [7, 11) is 0. The Morgan fingerprint density at radius 2 is 2.00 bits per heavy atom. The van der Waals surface area contributed by atoms with E-state index in [9.17, 15) is 0 Å². The van der Waals surface area contributed by atoms with Crippen LogP contribution in [-0.4, -0.2) is 5.11 Å². The minimum atomic E-state index is -0.0416. The molecule has 3 heteroatoms. The molecule has 1 aromatic carbocycles. The summed E-state index contributed by atoms with van der Waals surface area (Å²) in [4.78, 5) is 0. The second-order valence-corrected chi connectivity index (χ2v) is 5.72. The molecule has 3 rings (SSSR count). The van der Waals surface area contributed by atoms with Crippen LogP contribution in [-0.2, 0) is 25.1 Å². The van der Waals surface area contributed by atoms with Gasteiger partial charge in [-0.3, -0.25) is 0 Å². The third kappa shape index (κ3) is 2.51. The lowest BCUT2D eigenvalue weighted by Crippen LogP contribution is -2.41. The molecule has 1 unspecified atom stereocenters. The third-order valence-corrected chi connectivity index (χ3v) is 4.26. The highest BCUT2D eigenvalue weighted by Crippen LogP contribution is 2.35. The Morgan fingerprint density at radius 1 is 1.20 bits per heavy atom. The molecule has 3 nitrogen and oxygen atoms in total. The number of aliphatic hydroxyl groups is 1. The largest absolute Gasteiger partial charge is 0.462 e. The van der Waals surface area contributed by atoms with Crippen LogP contribution in [0.3, 0.4) is 0 Å². The Bertz CT molecular complexity index is 590. The Labute approximate surface area is 119 Å². The Morgan fingerprint density at radius 3 is 2.80 bits per heavy atom. The van der Waals surface area contributed by atoms with Crippen molar-refractivity contribution in [3.05, 3.63) is 59.0 Å². The Hall–Kier alpha value is -1.58. The summed E-state index contributed by atoms with van der Waals surface area (Å²) in [6, 6.07) is 12.4. The van der Waals surface area contributed by atoms with E-state index in [1.807, 2.05) is 12.1 Å². The molecule has 1 atom stereocenters. The van der Waals surface area contributed by atoms with Crippen molar-refractivity contribution in [2.75, 3.05) is 0 Å². The van der Waals surface area contributed by atoms with E-state index in [-0.39, 0.29) is 12.1 Å². The van der Waals surface area contributed by atoms with E-state index in [2.05, 4.69) is 36.5 Å². The molecule has 0 radical (unpaired) electrons. The van der Waals surface area contributed by atoms with Gasteiger partial charge in [0.15, 0.2) is 0 Å². The van der Waals surface area contributed by atoms with Crippen molar-refractivity contribution < 1.29 is 9.52 Å². The molecule has 0 bridgehead atoms. The summed E-state index contributed by atoms with van der Waals surface area (Å²) >= 11 is 0. The molecule has 0 amide bonds. The number of furan rings is 1. The molecular formula is C17H21NO2. The van der Waals surface area contributed by atoms with Gasteiger partial charge in [0.1, 0.15) is 18.1 Å². The summed E-state index contributed by atoms with van der Waals surface area (Å²) < 4.78 is 5.54. The maximum absolute atomic E-state index is 9.03. The van der Waals surface area contributed by atoms with E-state index in [4.69, 9.17) is 9.52 Å². The molecule has 0 fully saturated rings. The Kier molecular flexibility index (Phi) is 3.64. The predicted octanol–water partition coefficient (Wildman–Crippen LogP) is 3.11. The number of hydrogen-bond acceptors (Lipinski definition) is 3. The predicted molar refractivity (Wildman–Crippen MR) is 78.2 cm³/mol. The van der Waals surface area contributed by atoms with Gasteiger partial charge in [-0.1, -0.05) is 24.3 Å². The molecule has 2 aromatic rings. The maximum atomic E-state index is 9.03. The zero-order valence-electron chi connectivity index (χ0n) is 11.9. The number of nitrogens with one attached hydrogen (secondary N) is 1. The second kappa shape index (κ2) is 5.43. The lowest BCUT2D eigenvalue weighted by Gasteiger charge is -2.37. The van der Waals surface area contributed by atoms with Crippen LogP contribution in [0.4, 0.5) is 0 Å². The zero-order chi connectivity index (χ0) is 14.0. The fourth-order valence-corrected chi connectivity index (χ4v) is 3.11. The fourth-order valence-electron chi connectivity index (χ4n) is 3.11. The smallest absolute Gasteiger partial charge is 0.129 e. The van der Waals surface area contributed by atoms with Crippen molar-refractivity contribution in [3.63, 3.8) is 0 Å². The van der Waals surface area contributed by atoms with Crippen molar-refractivity contribution in [3.8, 4) is 0 Å². The molecule has 0 saturated heterocycles. The molecule has 0 saturated carbocycles. The molecule has 2 N–H and O–H groups in total. The van der Waals surface area contributed by atoms with Gasteiger partial charge in [-0.2, -0.15) is 0 Å². The van der Waals surface area contributed by atoms with Gasteiger partial charge in [0, 0.05) is 5.54 Å². The van der Waals surface area contributed by atoms with Crippen molar-refractivity contribution in [1.82, 2.24) is 5.32 Å². The van der Waals surface area contributed by atoms with Crippen LogP contribution in [0.25, 0.3) is 0 Å². The SMILES string of the molecule is CC1(NCc2ccc(CO)o2)CCCc2ccccc21. The van der Waals surface area contributed by atoms with Gasteiger partial charge < -0.3 is 14.8 Å². The number of hydrogen-bond donors (Lipinski definition) is 2. The van der Waals surface area contributed by atoms with Crippen molar-refractivity contribution in [2.24, 2.45) is 0 Å². The third-order valence-electron chi connectivity index (χ3n) is 4.26. The van der Waals surface area contributed by atoms with Crippen LogP contribution in [0, 0.1) is 0 Å². The highest BCUT2D eigenvalue weighted by molar-refractivity contribution is 5.35. The van der Waals surface area contributed by atoms with E-state index >= 15 is 0 Å². The quantitative estimate of drug-likeness (QED) is 0.898. The van der Waals surface area contributed by atoms with Crippen molar-refractivity contribution in [1.29, 1.82) is 0 Å². The van der Waals surface area contributed by atoms with Gasteiger partial charge in [-0.25, -0.2) is 0 Å². The monoisotopic (exact) mass is 271 g/mol. The Balaban J connectivity index is 1.76. The van der Waals surface area contributed by atoms with Gasteiger partial charge >= 0.3 is 0 Å². The van der Waals surface area contributed by atoms with Gasteiger partial charge in [0.05, 0.1) is 6.54 Å². The van der Waals surface area contributed by atoms with E-state index in [1.165, 1.54) is 24.0 Å². The molecule has 1 aromatic heterocycles. The minimum absolute atomic E-state index is 0.00100. The van der Waals surface area contributed by atoms with E-state index < -0.39 is 0 Å². The van der Waals surface area contributed by atoms with Crippen molar-refractivity contribution >= 4 is 0 Å². The molecule has 20 heavy (non-hydrogen) atoms. The minimum Gasteiger partial charge on any atom is -0.462 e. The first-order valence-corrected chi connectivity index (χ1v) is 7.23. The highest BCUT2D eigenvalue weighted by Gasteiger charge is 2.31. The summed E-state index contributed by atoms with van der Waals surface area (Å²) in [5, 5.41) is 12.7. The maximum Gasteiger partial charge on any atom is 0.129 e. The molecule has 1 aliphatic carbocycles. The molecule has 1 heterocycles. The molecule has 106 valence electrons. The fraction of sp³-hybridized carbons (Fsp3) is 0.412. The lowest BCUT2D eigenvalue weighted by atomic mass is 9.78. The van der Waals surface area contributed by atoms with Gasteiger partial charge in [-0.15, -0.1) is 0 Å². The summed E-state index contributed by atoms with van der Waals surface area (Å²) in [6.45, 7) is 2.91. The second-order valence-electron chi connectivity index (χ2n) is 5.72. The standard InChI is InChI=1S/C17H21NO2/c1-17(18-11-14-8-9-15(12-19)20-14)10-4-6-13-5-2-3-7-16(13)17/h2-3,5,7-9,18-19H,4,6,10-12H2,1H3. The van der Waals surface area contributed by atoms with Gasteiger partial charge in [0.25, 0.3) is 0 Å². The van der Waals surface area contributed by atoms with Crippen LogP contribution in [0.5, 0.6) is 0 Å². The van der Waals surface area contributed by atoms with E-state index in [0.717, 1.165) is 12.2 Å². The lowest BCUT2D eigenvalue weighted by molar-refractivity contribution is 0.238. The highest BCUT2D eigenvalue weighted by atomic mass is 16.4. The van der Waals surface area contributed by atoms with Crippen LogP contribution >= 0.6 is 0 Å². The van der Waals surface area contributed by atoms with Crippen LogP contribution in [0.1, 0.15) is 42.4 Å². The zero-order valence-corrected chi connectivity index (χ0v) is 11.9. The first kappa shape index (κ1) is 13.4. The molecule has 1 aliphatic rings. The average molecular weight is 271 g/mol. The summed E-state index contributed by atoms with van der Waals surface area (Å²) in [5.41, 5.74) is 2.85. The van der Waals surface area contributed by atoms with Crippen LogP contribution in [0.2, 0.25) is 0 Å². The number of rotatable bonds is 4. The van der Waals surface area contributed by atoms with Crippen LogP contribution in [0.15, 0.2) is 40.8 Å². The number of aliphatic hydroxyl groups excluding tert-OH is 1.